The second-order valence-corrected chi connectivity index (χ2v) is 5.32. The largest absolute Gasteiger partial charge is 0.453 e. The molecule has 2 heterocycles. The molecule has 3 rings (SSSR count). The summed E-state index contributed by atoms with van der Waals surface area (Å²) in [5.41, 5.74) is 1.68. The normalized spacial score (nSPS) is 11.1. The van der Waals surface area contributed by atoms with E-state index in [2.05, 4.69) is 32.6 Å². The predicted octanol–water partition coefficient (Wildman–Crippen LogP) is 4.46. The van der Waals surface area contributed by atoms with Crippen LogP contribution in [0, 0.1) is 10.5 Å². The molecular weight excluding hydrogens is 363 g/mol. The molecule has 0 spiro atoms. The first-order valence-electron chi connectivity index (χ1n) is 5.34. The van der Waals surface area contributed by atoms with Crippen LogP contribution in [0.5, 0.6) is 0 Å². The zero-order valence-corrected chi connectivity index (χ0v) is 12.4. The van der Waals surface area contributed by atoms with Crippen molar-refractivity contribution in [3.8, 4) is 11.6 Å². The molecule has 0 N–H and O–H groups in total. The zero-order chi connectivity index (χ0) is 12.7. The summed E-state index contributed by atoms with van der Waals surface area (Å²) in [5, 5.41) is 1.49. The molecule has 0 aliphatic heterocycles. The van der Waals surface area contributed by atoms with Crippen molar-refractivity contribution >= 4 is 45.2 Å². The topological polar surface area (TPSA) is 38.9 Å². The third kappa shape index (κ3) is 1.99. The van der Waals surface area contributed by atoms with Gasteiger partial charge < -0.3 is 4.42 Å². The Morgan fingerprint density at radius 3 is 2.72 bits per heavy atom. The molecule has 18 heavy (non-hydrogen) atoms. The summed E-state index contributed by atoms with van der Waals surface area (Å²) in [7, 11) is 0. The van der Waals surface area contributed by atoms with Crippen LogP contribution in [0.4, 0.5) is 0 Å². The molecule has 0 aliphatic rings. The van der Waals surface area contributed by atoms with Gasteiger partial charge in [0.25, 0.3) is 0 Å². The van der Waals surface area contributed by atoms with E-state index < -0.39 is 0 Å². The molecule has 0 radical (unpaired) electrons. The van der Waals surface area contributed by atoms with Crippen LogP contribution in [0.25, 0.3) is 22.6 Å². The van der Waals surface area contributed by atoms with Crippen molar-refractivity contribution in [2.24, 2.45) is 0 Å². The van der Waals surface area contributed by atoms with Gasteiger partial charge in [-0.15, -0.1) is 0 Å². The van der Waals surface area contributed by atoms with Gasteiger partial charge in [-0.05, 0) is 41.6 Å². The van der Waals surface area contributed by atoms with Gasteiger partial charge in [0, 0.05) is 5.39 Å². The summed E-state index contributed by atoms with van der Waals surface area (Å²) in [6.07, 6.45) is 0. The maximum atomic E-state index is 6.07. The van der Waals surface area contributed by atoms with E-state index in [4.69, 9.17) is 16.0 Å². The second kappa shape index (κ2) is 4.51. The van der Waals surface area contributed by atoms with Crippen molar-refractivity contribution in [1.29, 1.82) is 0 Å². The summed E-state index contributed by atoms with van der Waals surface area (Å²) in [6, 6.07) is 9.73. The van der Waals surface area contributed by atoms with Gasteiger partial charge in [-0.1, -0.05) is 29.8 Å². The maximum Gasteiger partial charge on any atom is 0.197 e. The first-order valence-corrected chi connectivity index (χ1v) is 6.79. The van der Waals surface area contributed by atoms with Gasteiger partial charge in [0.15, 0.2) is 11.6 Å². The number of halogens is 2. The van der Waals surface area contributed by atoms with Crippen LogP contribution < -0.4 is 0 Å². The van der Waals surface area contributed by atoms with E-state index >= 15 is 0 Å². The number of benzene rings is 1. The molecule has 0 unspecified atom stereocenters. The third-order valence-corrected chi connectivity index (χ3v) is 4.51. The van der Waals surface area contributed by atoms with Crippen LogP contribution in [0.2, 0.25) is 5.15 Å². The number of fused-ring (bicyclic) bond motifs is 1. The van der Waals surface area contributed by atoms with Crippen LogP contribution in [0.15, 0.2) is 34.7 Å². The average molecular weight is 371 g/mol. The Morgan fingerprint density at radius 1 is 1.22 bits per heavy atom. The first-order chi connectivity index (χ1) is 8.65. The van der Waals surface area contributed by atoms with E-state index in [9.17, 15) is 0 Å². The van der Waals surface area contributed by atoms with Crippen molar-refractivity contribution in [3.05, 3.63) is 44.7 Å². The molecule has 0 amide bonds. The number of para-hydroxylation sites is 1. The molecule has 0 atom stereocenters. The second-order valence-electron chi connectivity index (χ2n) is 3.89. The standard InChI is InChI=1S/C13H8ClIN2O/c1-7-11(15)12(14)17-13(16-7)10-6-8-4-2-3-5-9(8)18-10/h2-6H,1H3. The summed E-state index contributed by atoms with van der Waals surface area (Å²) in [4.78, 5) is 8.65. The summed E-state index contributed by atoms with van der Waals surface area (Å²) < 4.78 is 6.59. The van der Waals surface area contributed by atoms with Crippen LogP contribution in [-0.2, 0) is 0 Å². The Hall–Kier alpha value is -1.14. The molecule has 90 valence electrons. The highest BCUT2D eigenvalue weighted by Crippen LogP contribution is 2.28. The van der Waals surface area contributed by atoms with Crippen LogP contribution in [-0.4, -0.2) is 9.97 Å². The summed E-state index contributed by atoms with van der Waals surface area (Å²) >= 11 is 8.20. The fraction of sp³-hybridized carbons (Fsp3) is 0.0769. The van der Waals surface area contributed by atoms with Crippen molar-refractivity contribution in [3.63, 3.8) is 0 Å². The Labute approximate surface area is 122 Å². The van der Waals surface area contributed by atoms with Crippen molar-refractivity contribution in [1.82, 2.24) is 9.97 Å². The van der Waals surface area contributed by atoms with Gasteiger partial charge in [0.05, 0.1) is 9.26 Å². The minimum Gasteiger partial charge on any atom is -0.453 e. The molecule has 5 heteroatoms. The molecular formula is C13H8ClIN2O. The lowest BCUT2D eigenvalue weighted by atomic mass is 10.2. The van der Waals surface area contributed by atoms with Crippen LogP contribution >= 0.6 is 34.2 Å². The predicted molar refractivity (Wildman–Crippen MR) is 79.7 cm³/mol. The van der Waals surface area contributed by atoms with E-state index in [0.717, 1.165) is 20.2 Å². The number of furan rings is 1. The Morgan fingerprint density at radius 2 is 2.00 bits per heavy atom. The monoisotopic (exact) mass is 370 g/mol. The third-order valence-electron chi connectivity index (χ3n) is 2.62. The first kappa shape index (κ1) is 11.9. The minimum atomic E-state index is 0.457. The Kier molecular flexibility index (Phi) is 2.99. The highest BCUT2D eigenvalue weighted by molar-refractivity contribution is 14.1. The van der Waals surface area contributed by atoms with Crippen LogP contribution in [0.1, 0.15) is 5.69 Å². The number of aryl methyl sites for hydroxylation is 1. The quantitative estimate of drug-likeness (QED) is 0.469. The van der Waals surface area contributed by atoms with E-state index in [0.29, 0.717) is 16.7 Å². The summed E-state index contributed by atoms with van der Waals surface area (Å²) in [5.74, 6) is 1.16. The van der Waals surface area contributed by atoms with Gasteiger partial charge >= 0.3 is 0 Å². The van der Waals surface area contributed by atoms with Crippen LogP contribution in [0.3, 0.4) is 0 Å². The van der Waals surface area contributed by atoms with Gasteiger partial charge in [-0.25, -0.2) is 9.97 Å². The van der Waals surface area contributed by atoms with Crippen molar-refractivity contribution < 1.29 is 4.42 Å². The van der Waals surface area contributed by atoms with Crippen molar-refractivity contribution in [2.45, 2.75) is 6.92 Å². The zero-order valence-electron chi connectivity index (χ0n) is 9.45. The molecule has 3 aromatic rings. The Balaban J connectivity index is 2.20. The lowest BCUT2D eigenvalue weighted by Gasteiger charge is -2.02. The number of aromatic nitrogens is 2. The molecule has 2 aromatic heterocycles. The summed E-state index contributed by atoms with van der Waals surface area (Å²) in [6.45, 7) is 1.90. The molecule has 0 saturated carbocycles. The van der Waals surface area contributed by atoms with E-state index in [-0.39, 0.29) is 0 Å². The molecule has 0 bridgehead atoms. The van der Waals surface area contributed by atoms with E-state index in [1.54, 1.807) is 0 Å². The smallest absolute Gasteiger partial charge is 0.197 e. The van der Waals surface area contributed by atoms with Gasteiger partial charge in [0.2, 0.25) is 0 Å². The van der Waals surface area contributed by atoms with Gasteiger partial charge in [-0.3, -0.25) is 0 Å². The molecule has 3 nitrogen and oxygen atoms in total. The highest BCUT2D eigenvalue weighted by atomic mass is 127. The highest BCUT2D eigenvalue weighted by Gasteiger charge is 2.12. The average Bonchev–Trinajstić information content (AvgIpc) is 2.79. The van der Waals surface area contributed by atoms with E-state index in [1.165, 1.54) is 0 Å². The fourth-order valence-electron chi connectivity index (χ4n) is 1.73. The molecule has 0 aliphatic carbocycles. The number of nitrogens with zero attached hydrogens (tertiary/aromatic N) is 2. The fourth-order valence-corrected chi connectivity index (χ4v) is 2.18. The number of rotatable bonds is 1. The SMILES string of the molecule is Cc1nc(-c2cc3ccccc3o2)nc(Cl)c1I. The Bertz CT molecular complexity index is 683. The number of hydrogen-bond acceptors (Lipinski definition) is 3. The van der Waals surface area contributed by atoms with Gasteiger partial charge in [0.1, 0.15) is 10.7 Å². The molecule has 1 aromatic carbocycles. The maximum absolute atomic E-state index is 6.07. The minimum absolute atomic E-state index is 0.457. The molecule has 0 saturated heterocycles. The molecule has 0 fully saturated rings. The van der Waals surface area contributed by atoms with Gasteiger partial charge in [-0.2, -0.15) is 0 Å². The van der Waals surface area contributed by atoms with E-state index in [1.807, 2.05) is 37.3 Å². The number of hydrogen-bond donors (Lipinski definition) is 0. The lowest BCUT2D eigenvalue weighted by molar-refractivity contribution is 0.624. The lowest BCUT2D eigenvalue weighted by Crippen LogP contribution is -1.95. The van der Waals surface area contributed by atoms with Crippen molar-refractivity contribution in [2.75, 3.05) is 0 Å².